The topological polar surface area (TPSA) is 52.0 Å². The molecular formula is C11H12N2OS. The molecule has 0 atom stereocenters. The fourth-order valence-corrected chi connectivity index (χ4v) is 3.08. The molecule has 0 spiro atoms. The van der Waals surface area contributed by atoms with E-state index in [1.807, 2.05) is 6.07 Å². The molecule has 4 heteroatoms. The van der Waals surface area contributed by atoms with Gasteiger partial charge in [0.05, 0.1) is 17.0 Å². The Labute approximate surface area is 91.9 Å². The van der Waals surface area contributed by atoms with Gasteiger partial charge in [0, 0.05) is 23.3 Å². The zero-order chi connectivity index (χ0) is 10.3. The molecule has 0 amide bonds. The Morgan fingerprint density at radius 2 is 2.40 bits per heavy atom. The number of nitrogens with zero attached hydrogens (tertiary/aromatic N) is 1. The van der Waals surface area contributed by atoms with Crippen molar-refractivity contribution in [3.8, 4) is 11.3 Å². The highest BCUT2D eigenvalue weighted by molar-refractivity contribution is 7.12. The third-order valence-electron chi connectivity index (χ3n) is 2.68. The van der Waals surface area contributed by atoms with Crippen LogP contribution in [0.3, 0.4) is 0 Å². The van der Waals surface area contributed by atoms with Crippen LogP contribution in [0.1, 0.15) is 15.6 Å². The second-order valence-corrected chi connectivity index (χ2v) is 4.84. The van der Waals surface area contributed by atoms with Crippen LogP contribution in [0, 0.1) is 0 Å². The van der Waals surface area contributed by atoms with Gasteiger partial charge in [0.15, 0.2) is 0 Å². The predicted octanol–water partition coefficient (Wildman–Crippen LogP) is 2.00. The highest BCUT2D eigenvalue weighted by atomic mass is 32.1. The Hall–Kier alpha value is -1.13. The second kappa shape index (κ2) is 3.47. The van der Waals surface area contributed by atoms with E-state index >= 15 is 0 Å². The van der Waals surface area contributed by atoms with Gasteiger partial charge in [0.1, 0.15) is 5.76 Å². The zero-order valence-corrected chi connectivity index (χ0v) is 9.14. The monoisotopic (exact) mass is 220 g/mol. The van der Waals surface area contributed by atoms with Gasteiger partial charge in [-0.3, -0.25) is 0 Å². The summed E-state index contributed by atoms with van der Waals surface area (Å²) in [6, 6.07) is 2.01. The van der Waals surface area contributed by atoms with Crippen LogP contribution < -0.4 is 5.73 Å². The van der Waals surface area contributed by atoms with E-state index in [9.17, 15) is 0 Å². The minimum atomic E-state index is 0.671. The van der Waals surface area contributed by atoms with Crippen molar-refractivity contribution in [1.29, 1.82) is 0 Å². The van der Waals surface area contributed by atoms with Crippen molar-refractivity contribution in [3.05, 3.63) is 28.0 Å². The molecular weight excluding hydrogens is 208 g/mol. The normalized spacial score (nSPS) is 13.7. The van der Waals surface area contributed by atoms with Crippen molar-refractivity contribution < 1.29 is 4.42 Å². The molecule has 0 bridgehead atoms. The van der Waals surface area contributed by atoms with Crippen LogP contribution in [-0.4, -0.2) is 11.5 Å². The Morgan fingerprint density at radius 1 is 1.47 bits per heavy atom. The Morgan fingerprint density at radius 3 is 3.27 bits per heavy atom. The number of rotatable bonds is 2. The number of aryl methyl sites for hydroxylation is 2. The van der Waals surface area contributed by atoms with Crippen molar-refractivity contribution >= 4 is 11.3 Å². The Bertz CT molecular complexity index is 486. The van der Waals surface area contributed by atoms with Gasteiger partial charge < -0.3 is 10.2 Å². The van der Waals surface area contributed by atoms with E-state index in [0.29, 0.717) is 6.54 Å². The summed E-state index contributed by atoms with van der Waals surface area (Å²) >= 11 is 1.79. The maximum Gasteiger partial charge on any atom is 0.113 e. The summed E-state index contributed by atoms with van der Waals surface area (Å²) in [6.07, 6.45) is 4.68. The van der Waals surface area contributed by atoms with E-state index < -0.39 is 0 Å². The van der Waals surface area contributed by atoms with Crippen molar-refractivity contribution in [2.75, 3.05) is 6.54 Å². The Balaban J connectivity index is 2.08. The predicted molar refractivity (Wildman–Crippen MR) is 60.0 cm³/mol. The lowest BCUT2D eigenvalue weighted by Gasteiger charge is -2.07. The van der Waals surface area contributed by atoms with Gasteiger partial charge in [-0.2, -0.15) is 0 Å². The molecule has 3 nitrogen and oxygen atoms in total. The molecule has 0 fully saturated rings. The molecule has 2 N–H and O–H groups in total. The first kappa shape index (κ1) is 9.12. The van der Waals surface area contributed by atoms with Crippen LogP contribution in [0.25, 0.3) is 11.3 Å². The molecule has 3 rings (SSSR count). The molecule has 0 unspecified atom stereocenters. The lowest BCUT2D eigenvalue weighted by Crippen LogP contribution is -2.02. The van der Waals surface area contributed by atoms with Crippen LogP contribution in [-0.2, 0) is 19.3 Å². The fraction of sp³-hybridized carbons (Fsp3) is 0.364. The second-order valence-electron chi connectivity index (χ2n) is 3.68. The van der Waals surface area contributed by atoms with E-state index in [1.54, 1.807) is 17.6 Å². The van der Waals surface area contributed by atoms with Gasteiger partial charge in [-0.25, -0.2) is 4.98 Å². The number of nitrogens with two attached hydrogens (primary N) is 1. The summed E-state index contributed by atoms with van der Waals surface area (Å²) in [5.74, 6) is 1.08. The summed E-state index contributed by atoms with van der Waals surface area (Å²) in [7, 11) is 0. The number of thiazole rings is 1. The standard InChI is InChI=1S/C11H12N2OS/c12-5-3-10-13-11-7-4-6-14-8(7)1-2-9(11)15-10/h4,6H,1-3,5,12H2. The molecule has 0 saturated heterocycles. The molecule has 0 saturated carbocycles. The van der Waals surface area contributed by atoms with E-state index in [2.05, 4.69) is 4.98 Å². The molecule has 2 aromatic rings. The summed E-state index contributed by atoms with van der Waals surface area (Å²) in [5.41, 5.74) is 7.84. The molecule has 15 heavy (non-hydrogen) atoms. The van der Waals surface area contributed by atoms with Gasteiger partial charge in [-0.1, -0.05) is 0 Å². The fourth-order valence-electron chi connectivity index (χ4n) is 1.98. The summed E-state index contributed by atoms with van der Waals surface area (Å²) < 4.78 is 5.42. The largest absolute Gasteiger partial charge is 0.469 e. The molecule has 0 aromatic carbocycles. The minimum absolute atomic E-state index is 0.671. The first-order valence-electron chi connectivity index (χ1n) is 5.14. The summed E-state index contributed by atoms with van der Waals surface area (Å²) in [6.45, 7) is 0.671. The van der Waals surface area contributed by atoms with Gasteiger partial charge in [-0.05, 0) is 19.0 Å². The SMILES string of the molecule is NCCc1nc2c(s1)CCc1occc1-2. The third-order valence-corrected chi connectivity index (χ3v) is 3.85. The number of fused-ring (bicyclic) bond motifs is 3. The van der Waals surface area contributed by atoms with E-state index in [4.69, 9.17) is 10.2 Å². The van der Waals surface area contributed by atoms with Crippen LogP contribution in [0.2, 0.25) is 0 Å². The van der Waals surface area contributed by atoms with Gasteiger partial charge >= 0.3 is 0 Å². The van der Waals surface area contributed by atoms with Crippen LogP contribution in [0.4, 0.5) is 0 Å². The first-order chi connectivity index (χ1) is 7.38. The number of aromatic nitrogens is 1. The quantitative estimate of drug-likeness (QED) is 0.842. The highest BCUT2D eigenvalue weighted by Gasteiger charge is 2.22. The van der Waals surface area contributed by atoms with Gasteiger partial charge in [0.25, 0.3) is 0 Å². The average molecular weight is 220 g/mol. The molecule has 0 radical (unpaired) electrons. The number of hydrogen-bond acceptors (Lipinski definition) is 4. The molecule has 1 aliphatic rings. The van der Waals surface area contributed by atoms with Crippen LogP contribution in [0.15, 0.2) is 16.7 Å². The first-order valence-corrected chi connectivity index (χ1v) is 5.95. The molecule has 2 aromatic heterocycles. The van der Waals surface area contributed by atoms with Gasteiger partial charge in [0.2, 0.25) is 0 Å². The summed E-state index contributed by atoms with van der Waals surface area (Å²) in [5, 5.41) is 1.15. The van der Waals surface area contributed by atoms with Crippen molar-refractivity contribution in [1.82, 2.24) is 4.98 Å². The number of hydrogen-bond donors (Lipinski definition) is 1. The van der Waals surface area contributed by atoms with Crippen LogP contribution in [0.5, 0.6) is 0 Å². The van der Waals surface area contributed by atoms with Crippen LogP contribution >= 0.6 is 11.3 Å². The third kappa shape index (κ3) is 1.41. The maximum atomic E-state index is 5.54. The maximum absolute atomic E-state index is 5.54. The smallest absolute Gasteiger partial charge is 0.113 e. The summed E-state index contributed by atoms with van der Waals surface area (Å²) in [4.78, 5) is 6.01. The molecule has 78 valence electrons. The molecule has 1 aliphatic carbocycles. The minimum Gasteiger partial charge on any atom is -0.469 e. The average Bonchev–Trinajstić information content (AvgIpc) is 2.80. The zero-order valence-electron chi connectivity index (χ0n) is 8.32. The van der Waals surface area contributed by atoms with Crippen molar-refractivity contribution in [2.45, 2.75) is 19.3 Å². The van der Waals surface area contributed by atoms with Gasteiger partial charge in [-0.15, -0.1) is 11.3 Å². The van der Waals surface area contributed by atoms with E-state index in [1.165, 1.54) is 10.4 Å². The van der Waals surface area contributed by atoms with E-state index in [-0.39, 0.29) is 0 Å². The number of furan rings is 1. The lowest BCUT2D eigenvalue weighted by molar-refractivity contribution is 0.508. The molecule has 0 aliphatic heterocycles. The van der Waals surface area contributed by atoms with Crippen molar-refractivity contribution in [2.24, 2.45) is 5.73 Å². The highest BCUT2D eigenvalue weighted by Crippen LogP contribution is 2.36. The van der Waals surface area contributed by atoms with Crippen molar-refractivity contribution in [3.63, 3.8) is 0 Å². The van der Waals surface area contributed by atoms with E-state index in [0.717, 1.165) is 35.7 Å². The molecule has 2 heterocycles. The Kier molecular flexibility index (Phi) is 2.11. The lowest BCUT2D eigenvalue weighted by atomic mass is 10.0.